The molecule has 0 saturated heterocycles. The molecule has 0 radical (unpaired) electrons. The van der Waals surface area contributed by atoms with E-state index in [0.29, 0.717) is 17.1 Å². The van der Waals surface area contributed by atoms with E-state index >= 15 is 0 Å². The average Bonchev–Trinajstić information content (AvgIpc) is 2.43. The van der Waals surface area contributed by atoms with Crippen LogP contribution in [0.5, 0.6) is 0 Å². The number of aryl methyl sites for hydroxylation is 1. The molecule has 0 saturated carbocycles. The van der Waals surface area contributed by atoms with Gasteiger partial charge < -0.3 is 10.4 Å². The number of carbonyl (C=O) groups is 2. The van der Waals surface area contributed by atoms with Crippen molar-refractivity contribution in [2.75, 3.05) is 10.6 Å². The normalized spacial score (nSPS) is 9.95. The van der Waals surface area contributed by atoms with E-state index in [2.05, 4.69) is 15.6 Å². The maximum atomic E-state index is 11.8. The fourth-order valence-corrected chi connectivity index (χ4v) is 1.77. The minimum Gasteiger partial charge on any atom is -0.481 e. The maximum absolute atomic E-state index is 11.8. The number of aliphatic carboxylic acids is 1. The van der Waals surface area contributed by atoms with Gasteiger partial charge in [-0.15, -0.1) is 0 Å². The number of hydrogen-bond donors (Lipinski definition) is 3. The zero-order valence-electron chi connectivity index (χ0n) is 11.5. The van der Waals surface area contributed by atoms with E-state index in [0.717, 1.165) is 5.56 Å². The number of amides is 2. The Morgan fingerprint density at radius 3 is 2.48 bits per heavy atom. The second kappa shape index (κ2) is 6.51. The Balaban J connectivity index is 1.96. The van der Waals surface area contributed by atoms with E-state index < -0.39 is 12.0 Å². The smallest absolute Gasteiger partial charge is 0.324 e. The summed E-state index contributed by atoms with van der Waals surface area (Å²) in [6.45, 7) is 1.85. The Bertz CT molecular complexity index is 653. The Labute approximate surface area is 121 Å². The van der Waals surface area contributed by atoms with Gasteiger partial charge in [0.1, 0.15) is 5.82 Å². The number of carbonyl (C=O) groups excluding carboxylic acids is 1. The molecule has 0 aliphatic rings. The van der Waals surface area contributed by atoms with Gasteiger partial charge in [0.25, 0.3) is 0 Å². The molecule has 0 aliphatic heterocycles. The van der Waals surface area contributed by atoms with Crippen LogP contribution in [-0.4, -0.2) is 22.1 Å². The predicted molar refractivity (Wildman–Crippen MR) is 79.4 cm³/mol. The Hall–Kier alpha value is -2.89. The lowest BCUT2D eigenvalue weighted by Gasteiger charge is -2.09. The molecule has 1 heterocycles. The quantitative estimate of drug-likeness (QED) is 0.805. The predicted octanol–water partition coefficient (Wildman–Crippen LogP) is 2.66. The standard InChI is InChI=1S/C15H15N3O3/c1-10-3-2-8-16-14(10)18-15(21)17-12-6-4-11(5-7-12)9-13(19)20/h2-8H,9H2,1H3,(H,19,20)(H2,16,17,18,21). The van der Waals surface area contributed by atoms with E-state index in [4.69, 9.17) is 5.11 Å². The van der Waals surface area contributed by atoms with Crippen LogP contribution in [0.3, 0.4) is 0 Å². The second-order valence-electron chi connectivity index (χ2n) is 4.52. The molecule has 3 N–H and O–H groups in total. The molecule has 0 fully saturated rings. The first kappa shape index (κ1) is 14.5. The van der Waals surface area contributed by atoms with Crippen LogP contribution in [0.15, 0.2) is 42.6 Å². The number of carboxylic acids is 1. The van der Waals surface area contributed by atoms with Crippen molar-refractivity contribution < 1.29 is 14.7 Å². The van der Waals surface area contributed by atoms with Crippen molar-refractivity contribution in [3.8, 4) is 0 Å². The van der Waals surface area contributed by atoms with Crippen LogP contribution in [0.2, 0.25) is 0 Å². The molecule has 2 amide bonds. The van der Waals surface area contributed by atoms with Crippen molar-refractivity contribution in [3.63, 3.8) is 0 Å². The number of urea groups is 1. The van der Waals surface area contributed by atoms with E-state index in [1.807, 2.05) is 13.0 Å². The van der Waals surface area contributed by atoms with Gasteiger partial charge in [-0.1, -0.05) is 18.2 Å². The molecule has 1 aromatic heterocycles. The topological polar surface area (TPSA) is 91.3 Å². The summed E-state index contributed by atoms with van der Waals surface area (Å²) in [5.74, 6) is -0.392. The van der Waals surface area contributed by atoms with Crippen molar-refractivity contribution >= 4 is 23.5 Å². The van der Waals surface area contributed by atoms with E-state index in [1.54, 1.807) is 36.5 Å². The summed E-state index contributed by atoms with van der Waals surface area (Å²) in [5, 5.41) is 14.0. The molecule has 0 bridgehead atoms. The molecule has 2 rings (SSSR count). The largest absolute Gasteiger partial charge is 0.481 e. The molecule has 0 atom stereocenters. The molecular weight excluding hydrogens is 270 g/mol. The fraction of sp³-hybridized carbons (Fsp3) is 0.133. The third-order valence-electron chi connectivity index (χ3n) is 2.81. The van der Waals surface area contributed by atoms with E-state index in [-0.39, 0.29) is 6.42 Å². The number of rotatable bonds is 4. The van der Waals surface area contributed by atoms with Gasteiger partial charge in [-0.2, -0.15) is 0 Å². The van der Waals surface area contributed by atoms with Gasteiger partial charge in [0.2, 0.25) is 0 Å². The van der Waals surface area contributed by atoms with Crippen molar-refractivity contribution in [2.24, 2.45) is 0 Å². The third-order valence-corrected chi connectivity index (χ3v) is 2.81. The van der Waals surface area contributed by atoms with Crippen molar-refractivity contribution in [3.05, 3.63) is 53.7 Å². The van der Waals surface area contributed by atoms with E-state index in [9.17, 15) is 9.59 Å². The fourth-order valence-electron chi connectivity index (χ4n) is 1.77. The van der Waals surface area contributed by atoms with Crippen LogP contribution in [0, 0.1) is 6.92 Å². The van der Waals surface area contributed by atoms with Gasteiger partial charge in [0, 0.05) is 11.9 Å². The minimum absolute atomic E-state index is 0.0421. The Kier molecular flexibility index (Phi) is 4.50. The molecule has 6 heteroatoms. The molecule has 1 aromatic carbocycles. The van der Waals surface area contributed by atoms with Gasteiger partial charge in [0.05, 0.1) is 6.42 Å². The molecule has 108 valence electrons. The lowest BCUT2D eigenvalue weighted by atomic mass is 10.1. The SMILES string of the molecule is Cc1cccnc1NC(=O)Nc1ccc(CC(=O)O)cc1. The van der Waals surface area contributed by atoms with Gasteiger partial charge in [-0.25, -0.2) is 9.78 Å². The van der Waals surface area contributed by atoms with Crippen LogP contribution < -0.4 is 10.6 Å². The summed E-state index contributed by atoms with van der Waals surface area (Å²) < 4.78 is 0. The summed E-state index contributed by atoms with van der Waals surface area (Å²) in [6.07, 6.45) is 1.56. The average molecular weight is 285 g/mol. The second-order valence-corrected chi connectivity index (χ2v) is 4.52. The number of benzene rings is 1. The third kappa shape index (κ3) is 4.31. The summed E-state index contributed by atoms with van der Waals surface area (Å²) >= 11 is 0. The molecular formula is C15H15N3O3. The van der Waals surface area contributed by atoms with Crippen LogP contribution >= 0.6 is 0 Å². The van der Waals surface area contributed by atoms with E-state index in [1.165, 1.54) is 0 Å². The van der Waals surface area contributed by atoms with Gasteiger partial charge in [-0.05, 0) is 36.2 Å². The molecule has 0 unspecified atom stereocenters. The van der Waals surface area contributed by atoms with Crippen LogP contribution in [0.25, 0.3) is 0 Å². The first-order chi connectivity index (χ1) is 10.0. The Morgan fingerprint density at radius 2 is 1.86 bits per heavy atom. The summed E-state index contributed by atoms with van der Waals surface area (Å²) in [4.78, 5) is 26.5. The number of nitrogens with one attached hydrogen (secondary N) is 2. The van der Waals surface area contributed by atoms with Crippen molar-refractivity contribution in [1.82, 2.24) is 4.98 Å². The minimum atomic E-state index is -0.890. The summed E-state index contributed by atoms with van der Waals surface area (Å²) in [5.41, 5.74) is 2.12. The number of carboxylic acid groups (broad SMARTS) is 1. The molecule has 0 aliphatic carbocycles. The van der Waals surface area contributed by atoms with Gasteiger partial charge in [0.15, 0.2) is 0 Å². The van der Waals surface area contributed by atoms with Crippen LogP contribution in [0.4, 0.5) is 16.3 Å². The summed E-state index contributed by atoms with van der Waals surface area (Å²) in [6, 6.07) is 9.88. The number of anilines is 2. The zero-order valence-corrected chi connectivity index (χ0v) is 11.5. The number of nitrogens with zero attached hydrogens (tertiary/aromatic N) is 1. The molecule has 2 aromatic rings. The van der Waals surface area contributed by atoms with Crippen molar-refractivity contribution in [1.29, 1.82) is 0 Å². The lowest BCUT2D eigenvalue weighted by Crippen LogP contribution is -2.20. The number of pyridine rings is 1. The zero-order chi connectivity index (χ0) is 15.2. The Morgan fingerprint density at radius 1 is 1.14 bits per heavy atom. The monoisotopic (exact) mass is 285 g/mol. The highest BCUT2D eigenvalue weighted by Gasteiger charge is 2.06. The highest BCUT2D eigenvalue weighted by atomic mass is 16.4. The van der Waals surface area contributed by atoms with Crippen LogP contribution in [-0.2, 0) is 11.2 Å². The molecule has 0 spiro atoms. The summed E-state index contributed by atoms with van der Waals surface area (Å²) in [7, 11) is 0. The number of hydrogen-bond acceptors (Lipinski definition) is 3. The molecule has 6 nitrogen and oxygen atoms in total. The first-order valence-electron chi connectivity index (χ1n) is 6.35. The molecule has 21 heavy (non-hydrogen) atoms. The van der Waals surface area contributed by atoms with Crippen molar-refractivity contribution in [2.45, 2.75) is 13.3 Å². The van der Waals surface area contributed by atoms with Gasteiger partial charge in [-0.3, -0.25) is 10.1 Å². The maximum Gasteiger partial charge on any atom is 0.324 e. The highest BCUT2D eigenvalue weighted by Crippen LogP contribution is 2.12. The highest BCUT2D eigenvalue weighted by molar-refractivity contribution is 5.99. The van der Waals surface area contributed by atoms with Crippen LogP contribution in [0.1, 0.15) is 11.1 Å². The number of aromatic nitrogens is 1. The van der Waals surface area contributed by atoms with Gasteiger partial charge >= 0.3 is 12.0 Å². The first-order valence-corrected chi connectivity index (χ1v) is 6.35. The lowest BCUT2D eigenvalue weighted by molar-refractivity contribution is -0.136.